The summed E-state index contributed by atoms with van der Waals surface area (Å²) in [5.74, 6) is -2.10. The molecule has 3 rings (SSSR count). The predicted octanol–water partition coefficient (Wildman–Crippen LogP) is 2.97. The van der Waals surface area contributed by atoms with Crippen LogP contribution in [0.1, 0.15) is 12.8 Å². The predicted molar refractivity (Wildman–Crippen MR) is 77.9 cm³/mol. The molecule has 0 amide bonds. The summed E-state index contributed by atoms with van der Waals surface area (Å²) in [6.45, 7) is 0.281. The fourth-order valence-corrected chi connectivity index (χ4v) is 3.72. The summed E-state index contributed by atoms with van der Waals surface area (Å²) in [6, 6.07) is 10.2. The van der Waals surface area contributed by atoms with Crippen molar-refractivity contribution in [3.8, 4) is 0 Å². The van der Waals surface area contributed by atoms with Crippen LogP contribution in [0.3, 0.4) is 0 Å². The Morgan fingerprint density at radius 2 is 1.77 bits per heavy atom. The molecule has 2 aromatic rings. The van der Waals surface area contributed by atoms with Gasteiger partial charge in [0.1, 0.15) is 4.90 Å². The molecule has 0 N–H and O–H groups in total. The van der Waals surface area contributed by atoms with E-state index in [0.29, 0.717) is 5.69 Å². The molecule has 22 heavy (non-hydrogen) atoms. The molecular formula is C15H14F2N2O2S. The van der Waals surface area contributed by atoms with Gasteiger partial charge in [0.05, 0.1) is 5.69 Å². The Hall–Kier alpha value is -2.02. The maximum absolute atomic E-state index is 13.8. The molecule has 0 saturated heterocycles. The van der Waals surface area contributed by atoms with Gasteiger partial charge in [0.15, 0.2) is 0 Å². The van der Waals surface area contributed by atoms with E-state index in [2.05, 4.69) is 4.98 Å². The Morgan fingerprint density at radius 3 is 2.36 bits per heavy atom. The highest BCUT2D eigenvalue weighted by atomic mass is 32.2. The lowest BCUT2D eigenvalue weighted by molar-refractivity contribution is 0.488. The summed E-state index contributed by atoms with van der Waals surface area (Å²) in [7, 11) is -4.13. The van der Waals surface area contributed by atoms with E-state index < -0.39 is 26.8 Å². The van der Waals surface area contributed by atoms with Crippen molar-refractivity contribution < 1.29 is 17.2 Å². The smallest absolute Gasteiger partial charge is 0.266 e. The highest BCUT2D eigenvalue weighted by Gasteiger charge is 2.34. The first-order valence-corrected chi connectivity index (χ1v) is 8.32. The Bertz CT molecular complexity index is 777. The van der Waals surface area contributed by atoms with E-state index in [1.165, 1.54) is 4.31 Å². The van der Waals surface area contributed by atoms with Gasteiger partial charge in [-0.25, -0.2) is 8.42 Å². The summed E-state index contributed by atoms with van der Waals surface area (Å²) < 4.78 is 53.4. The fraction of sp³-hybridized carbons (Fsp3) is 0.267. The van der Waals surface area contributed by atoms with Gasteiger partial charge < -0.3 is 0 Å². The first-order valence-electron chi connectivity index (χ1n) is 6.88. The van der Waals surface area contributed by atoms with Crippen LogP contribution in [0.2, 0.25) is 0 Å². The molecule has 4 nitrogen and oxygen atoms in total. The normalized spacial score (nSPS) is 14.8. The molecule has 0 aliphatic heterocycles. The van der Waals surface area contributed by atoms with Crippen LogP contribution in [-0.2, 0) is 10.0 Å². The van der Waals surface area contributed by atoms with E-state index >= 15 is 0 Å². The minimum atomic E-state index is -4.13. The molecule has 0 spiro atoms. The van der Waals surface area contributed by atoms with Crippen molar-refractivity contribution in [1.82, 2.24) is 4.98 Å². The zero-order valence-electron chi connectivity index (χ0n) is 11.6. The third kappa shape index (κ3) is 2.94. The van der Waals surface area contributed by atoms with Crippen LogP contribution in [0, 0.1) is 17.8 Å². The third-order valence-corrected chi connectivity index (χ3v) is 5.31. The van der Waals surface area contributed by atoms with Crippen molar-refractivity contribution in [2.75, 3.05) is 10.8 Å². The summed E-state index contributed by atoms with van der Waals surface area (Å²) in [5, 5.41) is 0. The number of aromatic nitrogens is 1. The summed E-state index contributed by atoms with van der Waals surface area (Å²) in [4.78, 5) is 2.36. The zero-order valence-corrected chi connectivity index (χ0v) is 12.4. The van der Waals surface area contributed by atoms with Gasteiger partial charge in [0.25, 0.3) is 10.0 Å². The standard InChI is InChI=1S/C15H14F2N2O2S/c16-14-9-8-13(15(17)18-14)22(20,21)19(10-11-6-7-11)12-4-2-1-3-5-12/h1-5,8-9,11H,6-7,10H2. The van der Waals surface area contributed by atoms with Crippen molar-refractivity contribution in [2.45, 2.75) is 17.7 Å². The minimum Gasteiger partial charge on any atom is -0.266 e. The van der Waals surface area contributed by atoms with Crippen molar-refractivity contribution in [2.24, 2.45) is 5.92 Å². The number of hydrogen-bond donors (Lipinski definition) is 0. The first-order chi connectivity index (χ1) is 10.5. The molecule has 0 bridgehead atoms. The quantitative estimate of drug-likeness (QED) is 0.795. The van der Waals surface area contributed by atoms with E-state index in [1.807, 2.05) is 0 Å². The van der Waals surface area contributed by atoms with E-state index in [9.17, 15) is 17.2 Å². The third-order valence-electron chi connectivity index (χ3n) is 3.51. The molecule has 1 saturated carbocycles. The van der Waals surface area contributed by atoms with E-state index in [4.69, 9.17) is 0 Å². The van der Waals surface area contributed by atoms with Gasteiger partial charge in [0, 0.05) is 6.54 Å². The van der Waals surface area contributed by atoms with Crippen molar-refractivity contribution in [3.63, 3.8) is 0 Å². The Kier molecular flexibility index (Phi) is 3.82. The lowest BCUT2D eigenvalue weighted by Gasteiger charge is -2.24. The molecule has 1 aliphatic rings. The molecular weight excluding hydrogens is 310 g/mol. The van der Waals surface area contributed by atoms with Crippen molar-refractivity contribution >= 4 is 15.7 Å². The van der Waals surface area contributed by atoms with Crippen LogP contribution in [0.4, 0.5) is 14.5 Å². The van der Waals surface area contributed by atoms with Crippen LogP contribution in [-0.4, -0.2) is 19.9 Å². The molecule has 1 fully saturated rings. The van der Waals surface area contributed by atoms with Crippen LogP contribution < -0.4 is 4.31 Å². The number of hydrogen-bond acceptors (Lipinski definition) is 3. The summed E-state index contributed by atoms with van der Waals surface area (Å²) >= 11 is 0. The van der Waals surface area contributed by atoms with E-state index in [0.717, 1.165) is 25.0 Å². The maximum atomic E-state index is 13.8. The lowest BCUT2D eigenvalue weighted by Crippen LogP contribution is -2.33. The average molecular weight is 324 g/mol. The topological polar surface area (TPSA) is 50.3 Å². The van der Waals surface area contributed by atoms with Gasteiger partial charge in [-0.05, 0) is 43.0 Å². The highest BCUT2D eigenvalue weighted by molar-refractivity contribution is 7.92. The highest BCUT2D eigenvalue weighted by Crippen LogP contribution is 2.34. The number of halogens is 2. The molecule has 0 atom stereocenters. The largest absolute Gasteiger partial charge is 0.268 e. The second kappa shape index (κ2) is 5.64. The second-order valence-corrected chi connectivity index (χ2v) is 7.07. The molecule has 0 radical (unpaired) electrons. The molecule has 1 aromatic carbocycles. The van der Waals surface area contributed by atoms with Gasteiger partial charge in [-0.1, -0.05) is 18.2 Å². The van der Waals surface area contributed by atoms with E-state index in [1.54, 1.807) is 30.3 Å². The number of anilines is 1. The summed E-state index contributed by atoms with van der Waals surface area (Å²) in [6.07, 6.45) is 1.89. The number of rotatable bonds is 5. The van der Waals surface area contributed by atoms with Gasteiger partial charge in [-0.3, -0.25) is 4.31 Å². The van der Waals surface area contributed by atoms with Crippen LogP contribution in [0.15, 0.2) is 47.4 Å². The van der Waals surface area contributed by atoms with Crippen molar-refractivity contribution in [3.05, 3.63) is 54.4 Å². The Balaban J connectivity index is 2.05. The van der Waals surface area contributed by atoms with Gasteiger partial charge in [-0.15, -0.1) is 0 Å². The first kappa shape index (κ1) is 14.9. The lowest BCUT2D eigenvalue weighted by atomic mass is 10.3. The zero-order chi connectivity index (χ0) is 15.7. The molecule has 1 aliphatic carbocycles. The molecule has 7 heteroatoms. The van der Waals surface area contributed by atoms with Crippen LogP contribution in [0.25, 0.3) is 0 Å². The second-order valence-electron chi connectivity index (χ2n) is 5.24. The van der Waals surface area contributed by atoms with Crippen molar-refractivity contribution in [1.29, 1.82) is 0 Å². The molecule has 0 unspecified atom stereocenters. The monoisotopic (exact) mass is 324 g/mol. The van der Waals surface area contributed by atoms with Gasteiger partial charge in [-0.2, -0.15) is 13.8 Å². The Labute approximate surface area is 127 Å². The molecule has 1 aromatic heterocycles. The number of sulfonamides is 1. The summed E-state index contributed by atoms with van der Waals surface area (Å²) in [5.41, 5.74) is 0.457. The van der Waals surface area contributed by atoms with Crippen LogP contribution >= 0.6 is 0 Å². The molecule has 116 valence electrons. The fourth-order valence-electron chi connectivity index (χ4n) is 2.18. The van der Waals surface area contributed by atoms with Gasteiger partial charge in [0.2, 0.25) is 11.9 Å². The number of benzene rings is 1. The SMILES string of the molecule is O=S(=O)(c1ccc(F)nc1F)N(CC1CC1)c1ccccc1. The van der Waals surface area contributed by atoms with E-state index in [-0.39, 0.29) is 12.5 Å². The molecule has 1 heterocycles. The van der Waals surface area contributed by atoms with Gasteiger partial charge >= 0.3 is 0 Å². The average Bonchev–Trinajstić information content (AvgIpc) is 3.29. The Morgan fingerprint density at radius 1 is 1.09 bits per heavy atom. The number of pyridine rings is 1. The number of nitrogens with zero attached hydrogens (tertiary/aromatic N) is 2. The minimum absolute atomic E-state index is 0.270. The van der Waals surface area contributed by atoms with Crippen LogP contribution in [0.5, 0.6) is 0 Å². The maximum Gasteiger partial charge on any atom is 0.268 e. The number of para-hydroxylation sites is 1.